The van der Waals surface area contributed by atoms with Gasteiger partial charge in [-0.2, -0.15) is 5.10 Å². The molecule has 11 heteroatoms. The van der Waals surface area contributed by atoms with Gasteiger partial charge in [0.25, 0.3) is 15.9 Å². The number of aryl methyl sites for hydroxylation is 1. The number of anilines is 2. The van der Waals surface area contributed by atoms with Gasteiger partial charge in [-0.25, -0.2) is 13.8 Å². The van der Waals surface area contributed by atoms with Crippen LogP contribution in [0, 0.1) is 6.92 Å². The monoisotopic (exact) mass is 538 g/mol. The molecule has 0 radical (unpaired) electrons. The second-order valence-corrected chi connectivity index (χ2v) is 10.2. The third-order valence-electron chi connectivity index (χ3n) is 5.52. The number of nitrogens with one attached hydrogen (secondary N) is 2. The van der Waals surface area contributed by atoms with Gasteiger partial charge >= 0.3 is 0 Å². The van der Waals surface area contributed by atoms with Crippen molar-refractivity contribution in [3.05, 3.63) is 77.9 Å². The molecule has 0 aliphatic carbocycles. The lowest BCUT2D eigenvalue weighted by molar-refractivity contribution is -0.119. The van der Waals surface area contributed by atoms with E-state index in [4.69, 9.17) is 9.47 Å². The van der Waals surface area contributed by atoms with Crippen LogP contribution in [-0.2, 0) is 19.6 Å². The highest BCUT2D eigenvalue weighted by molar-refractivity contribution is 7.92. The number of hydrogen-bond acceptors (Lipinski definition) is 7. The lowest BCUT2D eigenvalue weighted by Crippen LogP contribution is -2.39. The van der Waals surface area contributed by atoms with Gasteiger partial charge in [-0.15, -0.1) is 0 Å². The summed E-state index contributed by atoms with van der Waals surface area (Å²) in [6, 6.07) is 17.9. The number of sulfonamides is 1. The molecule has 0 aromatic heterocycles. The lowest BCUT2D eigenvalue weighted by atomic mass is 10.1. The van der Waals surface area contributed by atoms with Crippen molar-refractivity contribution in [2.75, 3.05) is 30.4 Å². The molecule has 0 fully saturated rings. The van der Waals surface area contributed by atoms with E-state index < -0.39 is 22.5 Å². The van der Waals surface area contributed by atoms with Gasteiger partial charge in [-0.3, -0.25) is 13.9 Å². The average Bonchev–Trinajstić information content (AvgIpc) is 2.90. The number of carbonyl (C=O) groups excluding carboxylic acids is 2. The number of rotatable bonds is 10. The largest absolute Gasteiger partial charge is 0.493 e. The van der Waals surface area contributed by atoms with E-state index in [0.717, 1.165) is 9.87 Å². The molecule has 200 valence electrons. The normalized spacial score (nSPS) is 11.4. The van der Waals surface area contributed by atoms with Crippen LogP contribution in [0.2, 0.25) is 0 Å². The maximum absolute atomic E-state index is 13.6. The van der Waals surface area contributed by atoms with Crippen LogP contribution >= 0.6 is 0 Å². The van der Waals surface area contributed by atoms with Gasteiger partial charge < -0.3 is 14.8 Å². The van der Waals surface area contributed by atoms with Gasteiger partial charge in [0.2, 0.25) is 5.91 Å². The van der Waals surface area contributed by atoms with Crippen LogP contribution in [0.3, 0.4) is 0 Å². The highest BCUT2D eigenvalue weighted by Crippen LogP contribution is 2.33. The predicted molar refractivity (Wildman–Crippen MR) is 146 cm³/mol. The molecule has 0 saturated carbocycles. The van der Waals surface area contributed by atoms with Crippen LogP contribution < -0.4 is 24.5 Å². The minimum absolute atomic E-state index is 0.0321. The summed E-state index contributed by atoms with van der Waals surface area (Å²) in [6.07, 6.45) is 0. The molecule has 3 rings (SSSR count). The van der Waals surface area contributed by atoms with Gasteiger partial charge in [0.05, 0.1) is 30.5 Å². The Morgan fingerprint density at radius 3 is 2.11 bits per heavy atom. The van der Waals surface area contributed by atoms with E-state index in [1.165, 1.54) is 45.4 Å². The molecule has 10 nitrogen and oxygen atoms in total. The first-order chi connectivity index (χ1) is 18.0. The maximum atomic E-state index is 13.6. The van der Waals surface area contributed by atoms with Crippen molar-refractivity contribution >= 4 is 38.9 Å². The fourth-order valence-corrected chi connectivity index (χ4v) is 4.92. The molecular formula is C27H30N4O6S. The summed E-state index contributed by atoms with van der Waals surface area (Å²) < 4.78 is 38.8. The number of nitrogens with zero attached hydrogens (tertiary/aromatic N) is 2. The van der Waals surface area contributed by atoms with E-state index in [9.17, 15) is 18.0 Å². The van der Waals surface area contributed by atoms with Crippen LogP contribution in [0.1, 0.15) is 25.0 Å². The SMILES string of the molecule is COc1ccc(N(CC(=O)N/N=C(/C)c2ccc(NC(C)=O)cc2)S(=O)(=O)c2ccc(C)cc2)cc1OC. The molecule has 0 spiro atoms. The number of ether oxygens (including phenoxy) is 2. The second-order valence-electron chi connectivity index (χ2n) is 8.35. The Kier molecular flexibility index (Phi) is 9.08. The first kappa shape index (κ1) is 28.2. The molecule has 2 N–H and O–H groups in total. The zero-order chi connectivity index (χ0) is 27.9. The van der Waals surface area contributed by atoms with E-state index in [1.54, 1.807) is 49.4 Å². The maximum Gasteiger partial charge on any atom is 0.264 e. The van der Waals surface area contributed by atoms with Gasteiger partial charge in [-0.1, -0.05) is 29.8 Å². The number of carbonyl (C=O) groups is 2. The molecule has 38 heavy (non-hydrogen) atoms. The molecule has 0 unspecified atom stereocenters. The quantitative estimate of drug-likeness (QED) is 0.299. The number of hydrogen-bond donors (Lipinski definition) is 2. The molecule has 0 aliphatic rings. The fraction of sp³-hybridized carbons (Fsp3) is 0.222. The molecule has 0 saturated heterocycles. The van der Waals surface area contributed by atoms with Crippen molar-refractivity contribution in [3.63, 3.8) is 0 Å². The number of hydrazone groups is 1. The third-order valence-corrected chi connectivity index (χ3v) is 7.31. The number of benzene rings is 3. The highest BCUT2D eigenvalue weighted by Gasteiger charge is 2.28. The molecule has 0 heterocycles. The van der Waals surface area contributed by atoms with Gasteiger partial charge in [-0.05, 0) is 55.8 Å². The van der Waals surface area contributed by atoms with Crippen molar-refractivity contribution < 1.29 is 27.5 Å². The molecule has 0 aliphatic heterocycles. The zero-order valence-corrected chi connectivity index (χ0v) is 22.6. The van der Waals surface area contributed by atoms with Gasteiger partial charge in [0.15, 0.2) is 11.5 Å². The van der Waals surface area contributed by atoms with E-state index >= 15 is 0 Å². The summed E-state index contributed by atoms with van der Waals surface area (Å²) >= 11 is 0. The van der Waals surface area contributed by atoms with Crippen LogP contribution in [-0.4, -0.2) is 46.7 Å². The van der Waals surface area contributed by atoms with Crippen molar-refractivity contribution in [2.24, 2.45) is 5.10 Å². The second kappa shape index (κ2) is 12.2. The fourth-order valence-electron chi connectivity index (χ4n) is 3.51. The number of methoxy groups -OCH3 is 2. The smallest absolute Gasteiger partial charge is 0.264 e. The average molecular weight is 539 g/mol. The number of amides is 2. The lowest BCUT2D eigenvalue weighted by Gasteiger charge is -2.24. The van der Waals surface area contributed by atoms with Crippen molar-refractivity contribution in [1.29, 1.82) is 0 Å². The minimum atomic E-state index is -4.12. The molecule has 3 aromatic carbocycles. The highest BCUT2D eigenvalue weighted by atomic mass is 32.2. The van der Waals surface area contributed by atoms with Crippen LogP contribution in [0.25, 0.3) is 0 Å². The van der Waals surface area contributed by atoms with Crippen molar-refractivity contribution in [1.82, 2.24) is 5.43 Å². The topological polar surface area (TPSA) is 126 Å². The molecule has 2 amide bonds. The summed E-state index contributed by atoms with van der Waals surface area (Å²) in [6.45, 7) is 4.43. The van der Waals surface area contributed by atoms with E-state index in [1.807, 2.05) is 6.92 Å². The molecule has 0 bridgehead atoms. The molecule has 0 atom stereocenters. The summed E-state index contributed by atoms with van der Waals surface area (Å²) in [7, 11) is -1.21. The van der Waals surface area contributed by atoms with Crippen LogP contribution in [0.4, 0.5) is 11.4 Å². The Morgan fingerprint density at radius 2 is 1.53 bits per heavy atom. The standard InChI is InChI=1S/C27H30N4O6S/c1-18-6-13-24(14-7-18)38(34,35)31(23-12-15-25(36-4)26(16-23)37-5)17-27(33)30-29-19(2)21-8-10-22(11-9-21)28-20(3)32/h6-16H,17H2,1-5H3,(H,28,32)(H,30,33)/b29-19-. The van der Waals surface area contributed by atoms with Gasteiger partial charge in [0.1, 0.15) is 6.54 Å². The van der Waals surface area contributed by atoms with Gasteiger partial charge in [0, 0.05) is 18.7 Å². The van der Waals surface area contributed by atoms with Crippen molar-refractivity contribution in [3.8, 4) is 11.5 Å². The predicted octanol–water partition coefficient (Wildman–Crippen LogP) is 3.71. The van der Waals surface area contributed by atoms with Crippen LogP contribution in [0.15, 0.2) is 76.7 Å². The van der Waals surface area contributed by atoms with E-state index in [-0.39, 0.29) is 16.5 Å². The Balaban J connectivity index is 1.88. The Hall–Kier alpha value is -4.38. The molecular weight excluding hydrogens is 508 g/mol. The van der Waals surface area contributed by atoms with Crippen molar-refractivity contribution in [2.45, 2.75) is 25.7 Å². The van der Waals surface area contributed by atoms with Crippen LogP contribution in [0.5, 0.6) is 11.5 Å². The molecule has 3 aromatic rings. The first-order valence-electron chi connectivity index (χ1n) is 11.6. The zero-order valence-electron chi connectivity index (χ0n) is 21.8. The summed E-state index contributed by atoms with van der Waals surface area (Å²) in [5, 5.41) is 6.80. The Labute approximate surface area is 222 Å². The Morgan fingerprint density at radius 1 is 0.895 bits per heavy atom. The van der Waals surface area contributed by atoms with E-state index in [2.05, 4.69) is 15.8 Å². The first-order valence-corrected chi connectivity index (χ1v) is 13.0. The summed E-state index contributed by atoms with van der Waals surface area (Å²) in [5.74, 6) is -0.107. The third kappa shape index (κ3) is 6.88. The Bertz CT molecular complexity index is 1440. The summed E-state index contributed by atoms with van der Waals surface area (Å²) in [5.41, 5.74) is 5.38. The van der Waals surface area contributed by atoms with E-state index in [0.29, 0.717) is 28.5 Å². The summed E-state index contributed by atoms with van der Waals surface area (Å²) in [4.78, 5) is 24.2. The minimum Gasteiger partial charge on any atom is -0.493 e.